The minimum absolute atomic E-state index is 0.114. The van der Waals surface area contributed by atoms with Crippen molar-refractivity contribution < 1.29 is 17.6 Å². The molecule has 1 aliphatic heterocycles. The van der Waals surface area contributed by atoms with Crippen LogP contribution in [0.2, 0.25) is 0 Å². The Bertz CT molecular complexity index is 805. The molecule has 24 heavy (non-hydrogen) atoms. The molecule has 0 radical (unpaired) electrons. The van der Waals surface area contributed by atoms with E-state index in [1.54, 1.807) is 23.7 Å². The first-order valence-corrected chi connectivity index (χ1v) is 7.00. The fourth-order valence-electron chi connectivity index (χ4n) is 2.75. The molecule has 126 valence electrons. The lowest BCUT2D eigenvalue weighted by Crippen LogP contribution is -2.32. The first kappa shape index (κ1) is 16.4. The van der Waals surface area contributed by atoms with Gasteiger partial charge in [-0.1, -0.05) is 0 Å². The molecular formula is C15H13F4N5. The van der Waals surface area contributed by atoms with Crippen molar-refractivity contribution in [2.75, 3.05) is 0 Å². The van der Waals surface area contributed by atoms with Crippen LogP contribution in [0.15, 0.2) is 30.3 Å². The smallest absolute Gasteiger partial charge is 0.346 e. The van der Waals surface area contributed by atoms with Crippen LogP contribution in [0.3, 0.4) is 0 Å². The zero-order valence-electron chi connectivity index (χ0n) is 12.4. The summed E-state index contributed by atoms with van der Waals surface area (Å²) in [5.74, 6) is -0.959. The number of alkyl halides is 3. The van der Waals surface area contributed by atoms with Gasteiger partial charge < -0.3 is 4.57 Å². The second kappa shape index (κ2) is 5.90. The summed E-state index contributed by atoms with van der Waals surface area (Å²) >= 11 is 0. The van der Waals surface area contributed by atoms with Crippen LogP contribution >= 0.6 is 0 Å². The van der Waals surface area contributed by atoms with E-state index in [4.69, 9.17) is 5.26 Å². The summed E-state index contributed by atoms with van der Waals surface area (Å²) in [5.41, 5.74) is 8.39. The molecule has 2 atom stereocenters. The molecule has 9 heteroatoms. The maximum absolute atomic E-state index is 13.6. The van der Waals surface area contributed by atoms with Gasteiger partial charge in [-0.25, -0.2) is 15.2 Å². The fraction of sp³-hybridized carbons (Fsp3) is 0.267. The van der Waals surface area contributed by atoms with E-state index in [0.717, 1.165) is 12.1 Å². The number of nitrogens with one attached hydrogen (secondary N) is 3. The third-order valence-electron chi connectivity index (χ3n) is 3.93. The van der Waals surface area contributed by atoms with E-state index in [-0.39, 0.29) is 5.56 Å². The van der Waals surface area contributed by atoms with E-state index >= 15 is 0 Å². The summed E-state index contributed by atoms with van der Waals surface area (Å²) in [4.78, 5) is 0. The quantitative estimate of drug-likeness (QED) is 0.735. The topological polar surface area (TPSA) is 64.8 Å². The highest BCUT2D eigenvalue weighted by atomic mass is 19.4. The Morgan fingerprint density at radius 2 is 1.92 bits per heavy atom. The number of hydrogen-bond acceptors (Lipinski definition) is 4. The van der Waals surface area contributed by atoms with Crippen molar-refractivity contribution in [1.82, 2.24) is 21.0 Å². The summed E-state index contributed by atoms with van der Waals surface area (Å²) in [6.07, 6.45) is -4.63. The van der Waals surface area contributed by atoms with Crippen LogP contribution in [0.1, 0.15) is 17.3 Å². The Kier molecular flexibility index (Phi) is 4.04. The average Bonchev–Trinajstić information content (AvgIpc) is 3.11. The molecule has 1 saturated heterocycles. The molecular weight excluding hydrogens is 326 g/mol. The second-order valence-corrected chi connectivity index (χ2v) is 5.43. The van der Waals surface area contributed by atoms with E-state index in [0.29, 0.717) is 17.5 Å². The maximum atomic E-state index is 13.6. The molecule has 2 aromatic rings. The van der Waals surface area contributed by atoms with Gasteiger partial charge in [-0.2, -0.15) is 24.0 Å². The van der Waals surface area contributed by atoms with Crippen LogP contribution in [0.25, 0.3) is 11.3 Å². The molecule has 2 heterocycles. The highest BCUT2D eigenvalue weighted by Gasteiger charge is 2.33. The van der Waals surface area contributed by atoms with Gasteiger partial charge >= 0.3 is 6.18 Å². The van der Waals surface area contributed by atoms with Crippen molar-refractivity contribution in [3.8, 4) is 17.3 Å². The number of aromatic nitrogens is 1. The van der Waals surface area contributed by atoms with Gasteiger partial charge in [0.15, 0.2) is 0 Å². The second-order valence-electron chi connectivity index (χ2n) is 5.43. The summed E-state index contributed by atoms with van der Waals surface area (Å²) in [5, 5.41) is 9.10. The zero-order chi connectivity index (χ0) is 17.5. The number of benzene rings is 1. The molecule has 1 aromatic heterocycles. The molecule has 2 unspecified atom stereocenters. The molecule has 1 fully saturated rings. The minimum atomic E-state index is -4.63. The van der Waals surface area contributed by atoms with Crippen LogP contribution in [0.4, 0.5) is 17.6 Å². The predicted molar refractivity (Wildman–Crippen MR) is 77.4 cm³/mol. The molecule has 0 bridgehead atoms. The van der Waals surface area contributed by atoms with Gasteiger partial charge in [0.05, 0.1) is 17.7 Å². The van der Waals surface area contributed by atoms with Gasteiger partial charge in [0.2, 0.25) is 0 Å². The van der Waals surface area contributed by atoms with E-state index in [9.17, 15) is 17.6 Å². The van der Waals surface area contributed by atoms with Crippen molar-refractivity contribution >= 4 is 0 Å². The molecule has 5 nitrogen and oxygen atoms in total. The van der Waals surface area contributed by atoms with Gasteiger partial charge in [-0.15, -0.1) is 0 Å². The van der Waals surface area contributed by atoms with E-state index in [1.165, 1.54) is 0 Å². The Morgan fingerprint density at radius 3 is 2.58 bits per heavy atom. The number of rotatable bonds is 2. The predicted octanol–water partition coefficient (Wildman–Crippen LogP) is 2.40. The Morgan fingerprint density at radius 1 is 1.17 bits per heavy atom. The van der Waals surface area contributed by atoms with Crippen LogP contribution in [-0.4, -0.2) is 10.6 Å². The summed E-state index contributed by atoms with van der Waals surface area (Å²) in [6.45, 7) is 0. The maximum Gasteiger partial charge on any atom is 0.416 e. The van der Waals surface area contributed by atoms with Crippen molar-refractivity contribution in [1.29, 1.82) is 5.26 Å². The molecule has 3 rings (SSSR count). The normalized spacial score (nSPS) is 21.0. The van der Waals surface area contributed by atoms with Crippen LogP contribution in [-0.2, 0) is 13.2 Å². The van der Waals surface area contributed by atoms with E-state index < -0.39 is 29.6 Å². The third kappa shape index (κ3) is 2.87. The van der Waals surface area contributed by atoms with E-state index in [2.05, 4.69) is 22.5 Å². The van der Waals surface area contributed by atoms with Crippen molar-refractivity contribution in [3.63, 3.8) is 0 Å². The van der Waals surface area contributed by atoms with Gasteiger partial charge in [0, 0.05) is 24.0 Å². The van der Waals surface area contributed by atoms with Crippen LogP contribution in [0.5, 0.6) is 0 Å². The number of nitriles is 1. The Balaban J connectivity index is 2.03. The summed E-state index contributed by atoms with van der Waals surface area (Å²) in [7, 11) is 1.65. The number of halogens is 4. The van der Waals surface area contributed by atoms with Gasteiger partial charge in [-0.05, 0) is 30.3 Å². The molecule has 0 amide bonds. The minimum Gasteiger partial charge on any atom is -0.346 e. The molecule has 1 aromatic carbocycles. The lowest BCUT2D eigenvalue weighted by atomic mass is 10.1. The zero-order valence-corrected chi connectivity index (χ0v) is 12.4. The largest absolute Gasteiger partial charge is 0.416 e. The lowest BCUT2D eigenvalue weighted by molar-refractivity contribution is -0.137. The summed E-state index contributed by atoms with van der Waals surface area (Å²) in [6, 6.07) is 6.82. The summed E-state index contributed by atoms with van der Waals surface area (Å²) < 4.78 is 53.9. The van der Waals surface area contributed by atoms with Gasteiger partial charge in [0.25, 0.3) is 0 Å². The van der Waals surface area contributed by atoms with Gasteiger partial charge in [0.1, 0.15) is 11.9 Å². The fourth-order valence-corrected chi connectivity index (χ4v) is 2.75. The van der Waals surface area contributed by atoms with Crippen LogP contribution < -0.4 is 16.4 Å². The third-order valence-corrected chi connectivity index (χ3v) is 3.93. The number of hydrazine groups is 2. The SMILES string of the molecule is Cn1c(-c2cc(F)cc(C(F)(F)F)c2)ccc1C1NNNC1C#N. The molecule has 3 N–H and O–H groups in total. The Labute approximate surface area is 134 Å². The highest BCUT2D eigenvalue weighted by Crippen LogP contribution is 2.34. The molecule has 1 aliphatic rings. The number of nitrogens with zero attached hydrogens (tertiary/aromatic N) is 2. The molecule has 0 saturated carbocycles. The van der Waals surface area contributed by atoms with Crippen molar-refractivity contribution in [2.24, 2.45) is 7.05 Å². The lowest BCUT2D eigenvalue weighted by Gasteiger charge is -2.15. The van der Waals surface area contributed by atoms with Crippen molar-refractivity contribution in [3.05, 3.63) is 47.4 Å². The number of hydrogen-bond donors (Lipinski definition) is 3. The monoisotopic (exact) mass is 339 g/mol. The van der Waals surface area contributed by atoms with Gasteiger partial charge in [-0.3, -0.25) is 0 Å². The first-order chi connectivity index (χ1) is 11.3. The Hall–Kier alpha value is -2.41. The van der Waals surface area contributed by atoms with Crippen molar-refractivity contribution in [2.45, 2.75) is 18.3 Å². The molecule has 0 aliphatic carbocycles. The standard InChI is InChI=1S/C15H13F4N5/c1-24-12(2-3-13(24)14-11(7-20)21-23-22-14)8-4-9(15(17,18)19)6-10(16)5-8/h2-6,11,14,21-23H,1H3. The van der Waals surface area contributed by atoms with E-state index in [1.807, 2.05) is 0 Å². The first-order valence-electron chi connectivity index (χ1n) is 7.00. The average molecular weight is 339 g/mol. The highest BCUT2D eigenvalue weighted by molar-refractivity contribution is 5.62. The molecule has 0 spiro atoms. The van der Waals surface area contributed by atoms with Crippen LogP contribution in [0, 0.1) is 17.1 Å².